The lowest BCUT2D eigenvalue weighted by Gasteiger charge is -2.11. The number of aromatic amines is 1. The molecule has 3 aromatic rings. The Kier molecular flexibility index (Phi) is 4.69. The number of pyridine rings is 1. The number of hydrogen-bond acceptors (Lipinski definition) is 4. The van der Waals surface area contributed by atoms with Crippen LogP contribution in [0.1, 0.15) is 15.9 Å². The lowest BCUT2D eigenvalue weighted by molar-refractivity contribution is 0.102. The summed E-state index contributed by atoms with van der Waals surface area (Å²) in [5.74, 6) is -0.538. The van der Waals surface area contributed by atoms with Gasteiger partial charge in [-0.3, -0.25) is 9.59 Å². The van der Waals surface area contributed by atoms with Gasteiger partial charge in [0.05, 0.1) is 6.61 Å². The third-order valence-corrected chi connectivity index (χ3v) is 4.47. The molecule has 0 aliphatic heterocycles. The number of nitrogens with one attached hydrogen (secondary N) is 2. The number of benzene rings is 2. The predicted octanol–water partition coefficient (Wildman–Crippen LogP) is 2.99. The minimum absolute atomic E-state index is 0.0641. The van der Waals surface area contributed by atoms with Crippen LogP contribution in [0.15, 0.2) is 58.2 Å². The molecule has 1 aromatic heterocycles. The number of aliphatic hydroxyl groups is 1. The molecule has 1 amide bonds. The highest BCUT2D eigenvalue weighted by atomic mass is 32.2. The van der Waals surface area contributed by atoms with Crippen molar-refractivity contribution in [3.05, 3.63) is 70.0 Å². The maximum Gasteiger partial charge on any atom is 0.261 e. The van der Waals surface area contributed by atoms with E-state index in [0.717, 1.165) is 4.90 Å². The van der Waals surface area contributed by atoms with Gasteiger partial charge >= 0.3 is 0 Å². The number of rotatable bonds is 4. The van der Waals surface area contributed by atoms with Gasteiger partial charge in [-0.15, -0.1) is 11.8 Å². The zero-order chi connectivity index (χ0) is 17.1. The standard InChI is InChI=1S/C18H16N2O3S/c1-24-12-6-4-5-11(9-12)19-17(22)16-14(10-21)13-7-2-3-8-15(13)20-18(16)23/h2-9,21H,10H2,1H3,(H,19,22)(H,20,23). The van der Waals surface area contributed by atoms with E-state index in [1.54, 1.807) is 42.1 Å². The predicted molar refractivity (Wildman–Crippen MR) is 96.7 cm³/mol. The third kappa shape index (κ3) is 3.06. The van der Waals surface area contributed by atoms with Gasteiger partial charge in [0, 0.05) is 27.0 Å². The highest BCUT2D eigenvalue weighted by Crippen LogP contribution is 2.21. The lowest BCUT2D eigenvalue weighted by atomic mass is 10.0. The van der Waals surface area contributed by atoms with Crippen LogP contribution in [0.5, 0.6) is 0 Å². The van der Waals surface area contributed by atoms with E-state index in [1.165, 1.54) is 0 Å². The van der Waals surface area contributed by atoms with E-state index >= 15 is 0 Å². The Morgan fingerprint density at radius 3 is 2.75 bits per heavy atom. The molecular formula is C18H16N2O3S. The second-order valence-electron chi connectivity index (χ2n) is 5.20. The Morgan fingerprint density at radius 1 is 1.21 bits per heavy atom. The van der Waals surface area contributed by atoms with Crippen LogP contribution in [0.2, 0.25) is 0 Å². The lowest BCUT2D eigenvalue weighted by Crippen LogP contribution is -2.26. The maximum atomic E-state index is 12.6. The Bertz CT molecular complexity index is 966. The first-order valence-corrected chi connectivity index (χ1v) is 8.56. The van der Waals surface area contributed by atoms with Gasteiger partial charge in [-0.2, -0.15) is 0 Å². The number of carbonyl (C=O) groups excluding carboxylic acids is 1. The molecular weight excluding hydrogens is 324 g/mol. The number of H-pyrrole nitrogens is 1. The van der Waals surface area contributed by atoms with Crippen molar-refractivity contribution in [2.24, 2.45) is 0 Å². The first-order chi connectivity index (χ1) is 11.6. The van der Waals surface area contributed by atoms with Crippen LogP contribution in [0.4, 0.5) is 5.69 Å². The minimum atomic E-state index is -0.538. The molecule has 0 aliphatic carbocycles. The highest BCUT2D eigenvalue weighted by molar-refractivity contribution is 7.98. The molecule has 122 valence electrons. The SMILES string of the molecule is CSc1cccc(NC(=O)c2c(CO)c3ccccc3[nH]c2=O)c1. The molecule has 0 unspecified atom stereocenters. The summed E-state index contributed by atoms with van der Waals surface area (Å²) in [7, 11) is 0. The average Bonchev–Trinajstić information content (AvgIpc) is 2.60. The van der Waals surface area contributed by atoms with E-state index in [2.05, 4.69) is 10.3 Å². The van der Waals surface area contributed by atoms with Crippen LogP contribution < -0.4 is 10.9 Å². The number of para-hydroxylation sites is 1. The summed E-state index contributed by atoms with van der Waals surface area (Å²) in [6, 6.07) is 14.4. The summed E-state index contributed by atoms with van der Waals surface area (Å²) >= 11 is 1.56. The number of anilines is 1. The summed E-state index contributed by atoms with van der Waals surface area (Å²) in [4.78, 5) is 28.6. The zero-order valence-corrected chi connectivity index (χ0v) is 13.8. The first-order valence-electron chi connectivity index (χ1n) is 7.34. The van der Waals surface area contributed by atoms with Crippen molar-refractivity contribution in [2.45, 2.75) is 11.5 Å². The molecule has 0 aliphatic rings. The zero-order valence-electron chi connectivity index (χ0n) is 13.0. The van der Waals surface area contributed by atoms with Crippen LogP contribution in [0.3, 0.4) is 0 Å². The molecule has 0 atom stereocenters. The number of aliphatic hydroxyl groups excluding tert-OH is 1. The van der Waals surface area contributed by atoms with Gasteiger partial charge in [0.25, 0.3) is 11.5 Å². The number of amides is 1. The minimum Gasteiger partial charge on any atom is -0.392 e. The molecule has 24 heavy (non-hydrogen) atoms. The Balaban J connectivity index is 2.06. The molecule has 0 radical (unpaired) electrons. The fourth-order valence-corrected chi connectivity index (χ4v) is 3.07. The second kappa shape index (κ2) is 6.90. The number of aromatic nitrogens is 1. The molecule has 0 spiro atoms. The summed E-state index contributed by atoms with van der Waals surface area (Å²) in [5.41, 5.74) is 0.936. The molecule has 0 saturated heterocycles. The fourth-order valence-electron chi connectivity index (χ4n) is 2.61. The van der Waals surface area contributed by atoms with Crippen LogP contribution in [0, 0.1) is 0 Å². The Hall–Kier alpha value is -2.57. The molecule has 1 heterocycles. The largest absolute Gasteiger partial charge is 0.392 e. The second-order valence-corrected chi connectivity index (χ2v) is 6.08. The molecule has 3 rings (SSSR count). The molecule has 6 heteroatoms. The first kappa shape index (κ1) is 16.3. The van der Waals surface area contributed by atoms with Gasteiger partial charge in [-0.1, -0.05) is 24.3 Å². The third-order valence-electron chi connectivity index (χ3n) is 3.74. The van der Waals surface area contributed by atoms with E-state index in [1.807, 2.05) is 24.5 Å². The maximum absolute atomic E-state index is 12.6. The van der Waals surface area contributed by atoms with Gasteiger partial charge in [-0.05, 0) is 30.5 Å². The van der Waals surface area contributed by atoms with Crippen molar-refractivity contribution in [1.82, 2.24) is 4.98 Å². The summed E-state index contributed by atoms with van der Waals surface area (Å²) in [6.45, 7) is -0.391. The fraction of sp³-hybridized carbons (Fsp3) is 0.111. The van der Waals surface area contributed by atoms with Crippen molar-refractivity contribution in [2.75, 3.05) is 11.6 Å². The molecule has 3 N–H and O–H groups in total. The monoisotopic (exact) mass is 340 g/mol. The summed E-state index contributed by atoms with van der Waals surface area (Å²) in [6.07, 6.45) is 1.94. The number of thioether (sulfide) groups is 1. The quantitative estimate of drug-likeness (QED) is 0.638. The number of hydrogen-bond donors (Lipinski definition) is 3. The van der Waals surface area contributed by atoms with Gasteiger partial charge in [0.1, 0.15) is 5.56 Å². The van der Waals surface area contributed by atoms with Crippen LogP contribution in [-0.4, -0.2) is 22.3 Å². The molecule has 0 fully saturated rings. The summed E-state index contributed by atoms with van der Waals surface area (Å²) < 4.78 is 0. The summed E-state index contributed by atoms with van der Waals surface area (Å²) in [5, 5.41) is 13.1. The van der Waals surface area contributed by atoms with Crippen LogP contribution >= 0.6 is 11.8 Å². The molecule has 2 aromatic carbocycles. The molecule has 0 bridgehead atoms. The Labute approximate surface area is 142 Å². The highest BCUT2D eigenvalue weighted by Gasteiger charge is 2.19. The van der Waals surface area contributed by atoms with Gasteiger partial charge in [0.2, 0.25) is 0 Å². The van der Waals surface area contributed by atoms with Crippen molar-refractivity contribution in [1.29, 1.82) is 0 Å². The van der Waals surface area contributed by atoms with E-state index < -0.39 is 18.1 Å². The number of carbonyl (C=O) groups is 1. The van der Waals surface area contributed by atoms with Crippen molar-refractivity contribution < 1.29 is 9.90 Å². The van der Waals surface area contributed by atoms with E-state index in [4.69, 9.17) is 0 Å². The van der Waals surface area contributed by atoms with Crippen molar-refractivity contribution >= 4 is 34.3 Å². The number of fused-ring (bicyclic) bond motifs is 1. The van der Waals surface area contributed by atoms with Gasteiger partial charge < -0.3 is 15.4 Å². The van der Waals surface area contributed by atoms with Crippen LogP contribution in [-0.2, 0) is 6.61 Å². The van der Waals surface area contributed by atoms with E-state index in [9.17, 15) is 14.7 Å². The van der Waals surface area contributed by atoms with Crippen molar-refractivity contribution in [3.8, 4) is 0 Å². The van der Waals surface area contributed by atoms with Crippen LogP contribution in [0.25, 0.3) is 10.9 Å². The normalized spacial score (nSPS) is 10.8. The Morgan fingerprint density at radius 2 is 2.00 bits per heavy atom. The van der Waals surface area contributed by atoms with Crippen molar-refractivity contribution in [3.63, 3.8) is 0 Å². The van der Waals surface area contributed by atoms with E-state index in [-0.39, 0.29) is 5.56 Å². The van der Waals surface area contributed by atoms with Gasteiger partial charge in [0.15, 0.2) is 0 Å². The van der Waals surface area contributed by atoms with Gasteiger partial charge in [-0.25, -0.2) is 0 Å². The topological polar surface area (TPSA) is 82.2 Å². The molecule has 5 nitrogen and oxygen atoms in total. The average molecular weight is 340 g/mol. The smallest absolute Gasteiger partial charge is 0.261 e. The molecule has 0 saturated carbocycles. The van der Waals surface area contributed by atoms with E-state index in [0.29, 0.717) is 22.2 Å².